The predicted octanol–water partition coefficient (Wildman–Crippen LogP) is 5.27. The first-order valence-electron chi connectivity index (χ1n) is 5.51. The molecule has 0 fully saturated rings. The van der Waals surface area contributed by atoms with Crippen molar-refractivity contribution in [3.8, 4) is 0 Å². The van der Waals surface area contributed by atoms with Gasteiger partial charge in [-0.2, -0.15) is 0 Å². The molecule has 0 saturated carbocycles. The van der Waals surface area contributed by atoms with Gasteiger partial charge in [0.05, 0.1) is 0 Å². The summed E-state index contributed by atoms with van der Waals surface area (Å²) in [5.74, 6) is 0. The van der Waals surface area contributed by atoms with Crippen LogP contribution in [0.1, 0.15) is 25.3 Å². The Hall–Kier alpha value is -0.720. The normalized spacial score (nSPS) is 11.9. The highest BCUT2D eigenvalue weighted by molar-refractivity contribution is 6.48. The lowest BCUT2D eigenvalue weighted by molar-refractivity contribution is 0.719. The summed E-state index contributed by atoms with van der Waals surface area (Å²) in [6.07, 6.45) is 1.74. The summed E-state index contributed by atoms with van der Waals surface area (Å²) in [4.78, 5) is 0. The van der Waals surface area contributed by atoms with Crippen LogP contribution < -0.4 is 0 Å². The van der Waals surface area contributed by atoms with Gasteiger partial charge in [0, 0.05) is 0 Å². The van der Waals surface area contributed by atoms with Crippen molar-refractivity contribution in [1.82, 2.24) is 0 Å². The van der Waals surface area contributed by atoms with E-state index >= 15 is 0 Å². The van der Waals surface area contributed by atoms with E-state index in [1.807, 2.05) is 24.3 Å². The van der Waals surface area contributed by atoms with Crippen LogP contribution >= 0.6 is 23.2 Å². The Morgan fingerprint density at radius 1 is 1.00 bits per heavy atom. The summed E-state index contributed by atoms with van der Waals surface area (Å²) < 4.78 is -0.782. The number of alkyl halides is 2. The zero-order valence-corrected chi connectivity index (χ0v) is 10.7. The molecule has 0 N–H and O–H groups in total. The van der Waals surface area contributed by atoms with Crippen LogP contribution in [0.4, 0.5) is 0 Å². The van der Waals surface area contributed by atoms with Gasteiger partial charge in [0.1, 0.15) is 4.33 Å². The molecule has 0 spiro atoms. The smallest absolute Gasteiger partial charge is 0.0963 e. The van der Waals surface area contributed by atoms with E-state index in [1.54, 1.807) is 0 Å². The fourth-order valence-corrected chi connectivity index (χ4v) is 2.70. The molecule has 0 radical (unpaired) electrons. The van der Waals surface area contributed by atoms with E-state index in [1.165, 1.54) is 5.39 Å². The lowest BCUT2D eigenvalue weighted by Crippen LogP contribution is -2.10. The Morgan fingerprint density at radius 2 is 1.69 bits per heavy atom. The van der Waals surface area contributed by atoms with Gasteiger partial charge in [-0.1, -0.05) is 79.0 Å². The zero-order valence-electron chi connectivity index (χ0n) is 9.21. The van der Waals surface area contributed by atoms with E-state index in [4.69, 9.17) is 23.2 Å². The van der Waals surface area contributed by atoms with E-state index in [-0.39, 0.29) is 0 Å². The average molecular weight is 253 g/mol. The van der Waals surface area contributed by atoms with E-state index < -0.39 is 4.33 Å². The van der Waals surface area contributed by atoms with Gasteiger partial charge in [-0.25, -0.2) is 0 Å². The first-order chi connectivity index (χ1) is 7.65. The SMILES string of the molecule is CCCC(Cl)(Cl)c1cccc2ccccc12. The molecule has 0 bridgehead atoms. The summed E-state index contributed by atoms with van der Waals surface area (Å²) in [6, 6.07) is 14.3. The lowest BCUT2D eigenvalue weighted by Gasteiger charge is -2.21. The molecule has 0 heterocycles. The summed E-state index contributed by atoms with van der Waals surface area (Å²) in [7, 11) is 0. The molecule has 0 aliphatic heterocycles. The van der Waals surface area contributed by atoms with Crippen molar-refractivity contribution in [3.63, 3.8) is 0 Å². The number of halogens is 2. The molecular weight excluding hydrogens is 239 g/mol. The number of fused-ring (bicyclic) bond motifs is 1. The summed E-state index contributed by atoms with van der Waals surface area (Å²) in [5, 5.41) is 2.32. The fourth-order valence-electron chi connectivity index (χ4n) is 1.99. The maximum absolute atomic E-state index is 6.41. The predicted molar refractivity (Wildman–Crippen MR) is 72.2 cm³/mol. The minimum absolute atomic E-state index is 0.768. The van der Waals surface area contributed by atoms with Crippen LogP contribution in [-0.2, 0) is 4.33 Å². The van der Waals surface area contributed by atoms with Crippen LogP contribution in [0.15, 0.2) is 42.5 Å². The third-order valence-corrected chi connectivity index (χ3v) is 3.53. The lowest BCUT2D eigenvalue weighted by atomic mass is 9.99. The van der Waals surface area contributed by atoms with Crippen LogP contribution in [0.25, 0.3) is 10.8 Å². The second-order valence-electron chi connectivity index (χ2n) is 3.98. The second kappa shape index (κ2) is 4.65. The zero-order chi connectivity index (χ0) is 11.6. The molecule has 0 amide bonds. The molecule has 0 aliphatic rings. The number of hydrogen-bond donors (Lipinski definition) is 0. The van der Waals surface area contributed by atoms with Crippen LogP contribution in [0.5, 0.6) is 0 Å². The Labute approximate surface area is 106 Å². The average Bonchev–Trinajstić information content (AvgIpc) is 2.28. The fraction of sp³-hybridized carbons (Fsp3) is 0.286. The Morgan fingerprint density at radius 3 is 2.44 bits per heavy atom. The summed E-state index contributed by atoms with van der Waals surface area (Å²) >= 11 is 12.8. The van der Waals surface area contributed by atoms with Gasteiger partial charge in [-0.15, -0.1) is 0 Å². The van der Waals surface area contributed by atoms with Crippen LogP contribution in [-0.4, -0.2) is 0 Å². The van der Waals surface area contributed by atoms with Gasteiger partial charge in [0.25, 0.3) is 0 Å². The summed E-state index contributed by atoms with van der Waals surface area (Å²) in [5.41, 5.74) is 1.01. The second-order valence-corrected chi connectivity index (χ2v) is 5.47. The van der Waals surface area contributed by atoms with Crippen molar-refractivity contribution in [2.24, 2.45) is 0 Å². The molecular formula is C14H14Cl2. The third-order valence-electron chi connectivity index (χ3n) is 2.75. The van der Waals surface area contributed by atoms with Crippen molar-refractivity contribution >= 4 is 34.0 Å². The highest BCUT2D eigenvalue weighted by Crippen LogP contribution is 2.41. The molecule has 0 saturated heterocycles. The quantitative estimate of drug-likeness (QED) is 0.653. The third kappa shape index (κ3) is 2.18. The maximum Gasteiger partial charge on any atom is 0.143 e. The van der Waals surface area contributed by atoms with Crippen molar-refractivity contribution in [1.29, 1.82) is 0 Å². The van der Waals surface area contributed by atoms with Crippen molar-refractivity contribution in [3.05, 3.63) is 48.0 Å². The summed E-state index contributed by atoms with van der Waals surface area (Å²) in [6.45, 7) is 2.09. The Bertz CT molecular complexity index is 484. The molecule has 16 heavy (non-hydrogen) atoms. The molecule has 2 rings (SSSR count). The molecule has 2 aromatic rings. The Balaban J connectivity index is 2.60. The van der Waals surface area contributed by atoms with Crippen LogP contribution in [0.3, 0.4) is 0 Å². The number of benzene rings is 2. The monoisotopic (exact) mass is 252 g/mol. The van der Waals surface area contributed by atoms with Crippen molar-refractivity contribution in [2.75, 3.05) is 0 Å². The van der Waals surface area contributed by atoms with Gasteiger partial charge in [-0.05, 0) is 22.8 Å². The molecule has 0 aliphatic carbocycles. The van der Waals surface area contributed by atoms with E-state index in [0.717, 1.165) is 23.8 Å². The van der Waals surface area contributed by atoms with Gasteiger partial charge >= 0.3 is 0 Å². The minimum Gasteiger partial charge on any atom is -0.0963 e. The topological polar surface area (TPSA) is 0 Å². The van der Waals surface area contributed by atoms with Crippen LogP contribution in [0, 0.1) is 0 Å². The largest absolute Gasteiger partial charge is 0.143 e. The Kier molecular flexibility index (Phi) is 3.41. The van der Waals surface area contributed by atoms with Gasteiger partial charge in [0.15, 0.2) is 0 Å². The van der Waals surface area contributed by atoms with Gasteiger partial charge in [0.2, 0.25) is 0 Å². The van der Waals surface area contributed by atoms with Gasteiger partial charge in [-0.3, -0.25) is 0 Å². The van der Waals surface area contributed by atoms with E-state index in [0.29, 0.717) is 0 Å². The van der Waals surface area contributed by atoms with E-state index in [2.05, 4.69) is 25.1 Å². The maximum atomic E-state index is 6.41. The molecule has 0 nitrogen and oxygen atoms in total. The highest BCUT2D eigenvalue weighted by Gasteiger charge is 2.26. The molecule has 0 aromatic heterocycles. The molecule has 2 aromatic carbocycles. The van der Waals surface area contributed by atoms with Crippen molar-refractivity contribution in [2.45, 2.75) is 24.1 Å². The molecule has 0 atom stereocenters. The van der Waals surface area contributed by atoms with Crippen molar-refractivity contribution < 1.29 is 0 Å². The molecule has 0 unspecified atom stereocenters. The molecule has 84 valence electrons. The number of hydrogen-bond acceptors (Lipinski definition) is 0. The first kappa shape index (κ1) is 11.8. The minimum atomic E-state index is -0.782. The highest BCUT2D eigenvalue weighted by atomic mass is 35.5. The first-order valence-corrected chi connectivity index (χ1v) is 6.27. The number of rotatable bonds is 3. The van der Waals surface area contributed by atoms with E-state index in [9.17, 15) is 0 Å². The van der Waals surface area contributed by atoms with Crippen LogP contribution in [0.2, 0.25) is 0 Å². The standard InChI is InChI=1S/C14H14Cl2/c1-2-10-14(15,16)13-9-5-7-11-6-3-4-8-12(11)13/h3-9H,2,10H2,1H3. The molecule has 2 heteroatoms. The van der Waals surface area contributed by atoms with Gasteiger partial charge < -0.3 is 0 Å².